The first-order chi connectivity index (χ1) is 11.2. The van der Waals surface area contributed by atoms with Crippen molar-refractivity contribution in [2.75, 3.05) is 11.1 Å². The summed E-state index contributed by atoms with van der Waals surface area (Å²) in [4.78, 5) is 17.1. The largest absolute Gasteiger partial charge is 0.382 e. The summed E-state index contributed by atoms with van der Waals surface area (Å²) in [5.41, 5.74) is 7.38. The molecule has 6 nitrogen and oxygen atoms in total. The van der Waals surface area contributed by atoms with E-state index in [1.54, 1.807) is 6.07 Å². The van der Waals surface area contributed by atoms with E-state index >= 15 is 0 Å². The molecule has 3 N–H and O–H groups in total. The van der Waals surface area contributed by atoms with E-state index < -0.39 is 0 Å². The molecule has 0 atom stereocenters. The third-order valence-electron chi connectivity index (χ3n) is 3.57. The first-order valence-electron chi connectivity index (χ1n) is 7.30. The lowest BCUT2D eigenvalue weighted by atomic mass is 10.1. The highest BCUT2D eigenvalue weighted by Gasteiger charge is 2.26. The number of anilines is 2. The van der Waals surface area contributed by atoms with Gasteiger partial charge < -0.3 is 15.6 Å². The maximum absolute atomic E-state index is 12.6. The molecule has 4 rings (SSSR count). The maximum atomic E-state index is 12.6. The van der Waals surface area contributed by atoms with Crippen LogP contribution in [0, 0.1) is 0 Å². The van der Waals surface area contributed by atoms with Crippen LogP contribution in [0.15, 0.2) is 40.9 Å². The zero-order chi connectivity index (χ0) is 15.8. The summed E-state index contributed by atoms with van der Waals surface area (Å²) in [7, 11) is 0. The van der Waals surface area contributed by atoms with E-state index in [0.717, 1.165) is 18.4 Å². The number of aromatic nitrogens is 2. The van der Waals surface area contributed by atoms with Gasteiger partial charge in [-0.25, -0.2) is 4.98 Å². The average molecular weight is 326 g/mol. The van der Waals surface area contributed by atoms with Crippen LogP contribution in [0.3, 0.4) is 0 Å². The van der Waals surface area contributed by atoms with E-state index in [9.17, 15) is 4.79 Å². The van der Waals surface area contributed by atoms with Crippen LogP contribution >= 0.6 is 11.3 Å². The Morgan fingerprint density at radius 3 is 2.83 bits per heavy atom. The minimum atomic E-state index is -0.293. The highest BCUT2D eigenvalue weighted by molar-refractivity contribution is 7.18. The Morgan fingerprint density at radius 2 is 2.09 bits per heavy atom. The first kappa shape index (κ1) is 14.0. The monoisotopic (exact) mass is 326 g/mol. The second-order valence-electron chi connectivity index (χ2n) is 5.42. The molecule has 1 aromatic carbocycles. The van der Waals surface area contributed by atoms with Crippen LogP contribution in [-0.4, -0.2) is 22.0 Å². The standard InChI is InChI=1S/C16H14N4O2S/c17-15-14(23-16(19-15)18-10-6-7-10)13(21)12-8-11(20-22-12)9-4-2-1-3-5-9/h1-5,8,10H,6-7,17H2,(H,18,19). The van der Waals surface area contributed by atoms with Gasteiger partial charge in [-0.05, 0) is 12.8 Å². The molecular formula is C16H14N4O2S. The SMILES string of the molecule is Nc1nc(NC2CC2)sc1C(=O)c1cc(-c2ccccc2)no1. The molecule has 0 amide bonds. The number of hydrogen-bond acceptors (Lipinski definition) is 7. The lowest BCUT2D eigenvalue weighted by Crippen LogP contribution is -2.01. The predicted molar refractivity (Wildman–Crippen MR) is 88.5 cm³/mol. The Balaban J connectivity index is 1.59. The summed E-state index contributed by atoms with van der Waals surface area (Å²) in [6.07, 6.45) is 2.26. The summed E-state index contributed by atoms with van der Waals surface area (Å²) < 4.78 is 5.20. The smallest absolute Gasteiger partial charge is 0.244 e. The molecule has 23 heavy (non-hydrogen) atoms. The summed E-state index contributed by atoms with van der Waals surface area (Å²) in [5, 5.41) is 7.88. The molecule has 116 valence electrons. The topological polar surface area (TPSA) is 94.0 Å². The fraction of sp³-hybridized carbons (Fsp3) is 0.188. The van der Waals surface area contributed by atoms with Gasteiger partial charge in [-0.3, -0.25) is 4.79 Å². The van der Waals surface area contributed by atoms with Crippen LogP contribution < -0.4 is 11.1 Å². The molecule has 0 aliphatic heterocycles. The second kappa shape index (κ2) is 5.51. The third-order valence-corrected chi connectivity index (χ3v) is 4.57. The molecule has 0 saturated heterocycles. The van der Waals surface area contributed by atoms with E-state index in [0.29, 0.717) is 21.7 Å². The van der Waals surface area contributed by atoms with Crippen molar-refractivity contribution in [1.29, 1.82) is 0 Å². The van der Waals surface area contributed by atoms with Gasteiger partial charge in [-0.2, -0.15) is 0 Å². The zero-order valence-corrected chi connectivity index (χ0v) is 13.0. The maximum Gasteiger partial charge on any atom is 0.244 e. The Kier molecular flexibility index (Phi) is 3.34. The van der Waals surface area contributed by atoms with Crippen molar-refractivity contribution in [3.05, 3.63) is 47.0 Å². The molecule has 7 heteroatoms. The molecule has 2 aromatic heterocycles. The molecule has 0 spiro atoms. The second-order valence-corrected chi connectivity index (χ2v) is 6.42. The Bertz CT molecular complexity index is 852. The number of nitrogens with zero attached hydrogens (tertiary/aromatic N) is 2. The van der Waals surface area contributed by atoms with Gasteiger partial charge in [0.1, 0.15) is 16.4 Å². The fourth-order valence-electron chi connectivity index (χ4n) is 2.20. The van der Waals surface area contributed by atoms with E-state index in [1.807, 2.05) is 30.3 Å². The summed E-state index contributed by atoms with van der Waals surface area (Å²) in [6.45, 7) is 0. The van der Waals surface area contributed by atoms with Gasteiger partial charge in [0, 0.05) is 17.7 Å². The van der Waals surface area contributed by atoms with Crippen LogP contribution in [0.1, 0.15) is 28.3 Å². The normalized spacial score (nSPS) is 13.9. The van der Waals surface area contributed by atoms with E-state index in [-0.39, 0.29) is 17.4 Å². The van der Waals surface area contributed by atoms with Crippen molar-refractivity contribution >= 4 is 28.1 Å². The highest BCUT2D eigenvalue weighted by atomic mass is 32.1. The van der Waals surface area contributed by atoms with Crippen molar-refractivity contribution < 1.29 is 9.32 Å². The number of nitrogens with one attached hydrogen (secondary N) is 1. The Morgan fingerprint density at radius 1 is 1.30 bits per heavy atom. The van der Waals surface area contributed by atoms with Gasteiger partial charge in [-0.15, -0.1) is 0 Å². The minimum Gasteiger partial charge on any atom is -0.382 e. The van der Waals surface area contributed by atoms with Gasteiger partial charge >= 0.3 is 0 Å². The molecule has 1 saturated carbocycles. The molecule has 1 aliphatic carbocycles. The molecule has 3 aromatic rings. The number of hydrogen-bond donors (Lipinski definition) is 2. The van der Waals surface area contributed by atoms with Crippen LogP contribution in [0.25, 0.3) is 11.3 Å². The summed E-state index contributed by atoms with van der Waals surface area (Å²) >= 11 is 1.25. The van der Waals surface area contributed by atoms with Crippen LogP contribution in [0.4, 0.5) is 10.9 Å². The number of carbonyl (C=O) groups is 1. The van der Waals surface area contributed by atoms with Crippen molar-refractivity contribution in [1.82, 2.24) is 10.1 Å². The highest BCUT2D eigenvalue weighted by Crippen LogP contribution is 2.32. The van der Waals surface area contributed by atoms with Crippen molar-refractivity contribution in [2.24, 2.45) is 0 Å². The molecule has 2 heterocycles. The zero-order valence-electron chi connectivity index (χ0n) is 12.2. The molecule has 1 fully saturated rings. The summed E-state index contributed by atoms with van der Waals surface area (Å²) in [5.74, 6) is 0.0940. The summed E-state index contributed by atoms with van der Waals surface area (Å²) in [6, 6.07) is 11.6. The van der Waals surface area contributed by atoms with Gasteiger partial charge in [0.2, 0.25) is 11.5 Å². The van der Waals surface area contributed by atoms with Crippen molar-refractivity contribution in [2.45, 2.75) is 18.9 Å². The number of nitrogens with two attached hydrogens (primary N) is 1. The molecule has 1 aliphatic rings. The molecule has 0 bridgehead atoms. The fourth-order valence-corrected chi connectivity index (χ4v) is 3.10. The molecule has 0 radical (unpaired) electrons. The number of carbonyl (C=O) groups excluding carboxylic acids is 1. The van der Waals surface area contributed by atoms with E-state index in [1.165, 1.54) is 11.3 Å². The number of rotatable bonds is 5. The van der Waals surface area contributed by atoms with E-state index in [2.05, 4.69) is 15.5 Å². The molecule has 0 unspecified atom stereocenters. The van der Waals surface area contributed by atoms with Crippen LogP contribution in [0.5, 0.6) is 0 Å². The van der Waals surface area contributed by atoms with E-state index in [4.69, 9.17) is 10.3 Å². The van der Waals surface area contributed by atoms with Crippen molar-refractivity contribution in [3.8, 4) is 11.3 Å². The number of nitrogen functional groups attached to an aromatic ring is 1. The number of ketones is 1. The lowest BCUT2D eigenvalue weighted by molar-refractivity contribution is 0.100. The number of thiazole rings is 1. The molecular weight excluding hydrogens is 312 g/mol. The first-order valence-corrected chi connectivity index (χ1v) is 8.12. The van der Waals surface area contributed by atoms with Crippen LogP contribution in [-0.2, 0) is 0 Å². The predicted octanol–water partition coefficient (Wildman–Crippen LogP) is 3.19. The lowest BCUT2D eigenvalue weighted by Gasteiger charge is -1.95. The minimum absolute atomic E-state index is 0.164. The van der Waals surface area contributed by atoms with Gasteiger partial charge in [0.15, 0.2) is 5.13 Å². The van der Waals surface area contributed by atoms with Crippen LogP contribution in [0.2, 0.25) is 0 Å². The quantitative estimate of drug-likeness (QED) is 0.699. The third kappa shape index (κ3) is 2.83. The number of benzene rings is 1. The Labute approximate surface area is 136 Å². The Hall–Kier alpha value is -2.67. The van der Waals surface area contributed by atoms with Gasteiger partial charge in [-0.1, -0.05) is 46.8 Å². The van der Waals surface area contributed by atoms with Gasteiger partial charge in [0.25, 0.3) is 0 Å². The van der Waals surface area contributed by atoms with Gasteiger partial charge in [0.05, 0.1) is 0 Å². The van der Waals surface area contributed by atoms with Crippen molar-refractivity contribution in [3.63, 3.8) is 0 Å². The average Bonchev–Trinajstić information content (AvgIpc) is 3.11.